The van der Waals surface area contributed by atoms with Crippen molar-refractivity contribution in [2.24, 2.45) is 0 Å². The molecule has 1 aromatic rings. The molecule has 0 saturated heterocycles. The number of ether oxygens (including phenoxy) is 1. The van der Waals surface area contributed by atoms with Crippen molar-refractivity contribution in [3.05, 3.63) is 23.8 Å². The molecule has 4 nitrogen and oxygen atoms in total. The smallest absolute Gasteiger partial charge is 0.399 e. The third-order valence-electron chi connectivity index (χ3n) is 2.38. The van der Waals surface area contributed by atoms with Gasteiger partial charge in [0.2, 0.25) is 5.91 Å². The maximum atomic E-state index is 12.8. The molecule has 0 aromatic heterocycles. The molecule has 0 aliphatic rings. The number of hydrogen-bond acceptors (Lipinski definition) is 3. The first kappa shape index (κ1) is 15.3. The lowest BCUT2D eigenvalue weighted by molar-refractivity contribution is -0.136. The van der Waals surface area contributed by atoms with Gasteiger partial charge in [0.05, 0.1) is 11.3 Å². The Kier molecular flexibility index (Phi) is 5.17. The van der Waals surface area contributed by atoms with Crippen LogP contribution in [-0.2, 0) is 15.7 Å². The fraction of sp³-hybridized carbons (Fsp3) is 0.417. The number of halogens is 3. The van der Waals surface area contributed by atoms with Crippen LogP contribution < -0.4 is 11.1 Å². The number of nitrogen functional groups attached to an aromatic ring is 1. The SMILES string of the molecule is COCCCC(=O)Nc1ccc(N)cc1C(F)(F)F. The summed E-state index contributed by atoms with van der Waals surface area (Å²) >= 11 is 0. The van der Waals surface area contributed by atoms with Crippen LogP contribution in [0.3, 0.4) is 0 Å². The number of amides is 1. The molecule has 0 atom stereocenters. The number of carbonyl (C=O) groups excluding carboxylic acids is 1. The monoisotopic (exact) mass is 276 g/mol. The molecule has 19 heavy (non-hydrogen) atoms. The largest absolute Gasteiger partial charge is 0.418 e. The van der Waals surface area contributed by atoms with Crippen LogP contribution in [0.25, 0.3) is 0 Å². The molecule has 1 aromatic carbocycles. The molecular weight excluding hydrogens is 261 g/mol. The van der Waals surface area contributed by atoms with Crippen LogP contribution in [0.2, 0.25) is 0 Å². The van der Waals surface area contributed by atoms with E-state index in [1.165, 1.54) is 13.2 Å². The van der Waals surface area contributed by atoms with Crippen LogP contribution in [0.15, 0.2) is 18.2 Å². The van der Waals surface area contributed by atoms with E-state index in [4.69, 9.17) is 10.5 Å². The number of benzene rings is 1. The standard InChI is InChI=1S/C12H15F3N2O2/c1-19-6-2-3-11(18)17-10-5-4-8(16)7-9(10)12(13,14)15/h4-5,7H,2-3,6,16H2,1H3,(H,17,18). The highest BCUT2D eigenvalue weighted by molar-refractivity contribution is 5.91. The highest BCUT2D eigenvalue weighted by atomic mass is 19.4. The second-order valence-electron chi connectivity index (χ2n) is 3.95. The Bertz CT molecular complexity index is 447. The zero-order valence-electron chi connectivity index (χ0n) is 10.4. The summed E-state index contributed by atoms with van der Waals surface area (Å²) in [5, 5.41) is 2.23. The first-order valence-electron chi connectivity index (χ1n) is 5.60. The first-order chi connectivity index (χ1) is 8.84. The molecule has 0 spiro atoms. The third kappa shape index (κ3) is 4.78. The minimum Gasteiger partial charge on any atom is -0.399 e. The van der Waals surface area contributed by atoms with E-state index in [1.54, 1.807) is 0 Å². The second kappa shape index (κ2) is 6.42. The van der Waals surface area contributed by atoms with Gasteiger partial charge in [-0.3, -0.25) is 4.79 Å². The van der Waals surface area contributed by atoms with Crippen molar-refractivity contribution in [2.75, 3.05) is 24.8 Å². The van der Waals surface area contributed by atoms with Crippen LogP contribution >= 0.6 is 0 Å². The number of carbonyl (C=O) groups is 1. The molecule has 7 heteroatoms. The Morgan fingerprint density at radius 3 is 2.68 bits per heavy atom. The zero-order chi connectivity index (χ0) is 14.5. The Balaban J connectivity index is 2.80. The van der Waals surface area contributed by atoms with E-state index in [2.05, 4.69) is 5.32 Å². The number of alkyl halides is 3. The lowest BCUT2D eigenvalue weighted by Crippen LogP contribution is -2.17. The van der Waals surface area contributed by atoms with Crippen molar-refractivity contribution >= 4 is 17.3 Å². The Hall–Kier alpha value is -1.76. The number of methoxy groups -OCH3 is 1. The van der Waals surface area contributed by atoms with Crippen LogP contribution in [0, 0.1) is 0 Å². The van der Waals surface area contributed by atoms with Gasteiger partial charge in [0.25, 0.3) is 0 Å². The molecule has 0 saturated carbocycles. The molecule has 3 N–H and O–H groups in total. The summed E-state index contributed by atoms with van der Waals surface area (Å²) in [6.45, 7) is 0.376. The summed E-state index contributed by atoms with van der Waals surface area (Å²) < 4.78 is 43.0. The van der Waals surface area contributed by atoms with Crippen molar-refractivity contribution in [1.29, 1.82) is 0 Å². The third-order valence-corrected chi connectivity index (χ3v) is 2.38. The van der Waals surface area contributed by atoms with E-state index < -0.39 is 17.6 Å². The van der Waals surface area contributed by atoms with Gasteiger partial charge in [0.1, 0.15) is 0 Å². The van der Waals surface area contributed by atoms with Gasteiger partial charge in [0, 0.05) is 25.8 Å². The van der Waals surface area contributed by atoms with Crippen LogP contribution in [0.5, 0.6) is 0 Å². The van der Waals surface area contributed by atoms with Crippen molar-refractivity contribution in [1.82, 2.24) is 0 Å². The van der Waals surface area contributed by atoms with E-state index in [-0.39, 0.29) is 17.8 Å². The average molecular weight is 276 g/mol. The number of hydrogen-bond donors (Lipinski definition) is 2. The topological polar surface area (TPSA) is 64.3 Å². The highest BCUT2D eigenvalue weighted by Crippen LogP contribution is 2.36. The van der Waals surface area contributed by atoms with Gasteiger partial charge in [-0.2, -0.15) is 13.2 Å². The van der Waals surface area contributed by atoms with E-state index in [0.717, 1.165) is 12.1 Å². The predicted molar refractivity (Wildman–Crippen MR) is 65.6 cm³/mol. The zero-order valence-corrected chi connectivity index (χ0v) is 10.4. The van der Waals surface area contributed by atoms with Gasteiger partial charge in [0.15, 0.2) is 0 Å². The second-order valence-corrected chi connectivity index (χ2v) is 3.95. The summed E-state index contributed by atoms with van der Waals surface area (Å²) in [5.41, 5.74) is 4.08. The molecule has 0 heterocycles. The summed E-state index contributed by atoms with van der Waals surface area (Å²) in [4.78, 5) is 11.5. The van der Waals surface area contributed by atoms with Crippen molar-refractivity contribution < 1.29 is 22.7 Å². The number of nitrogens with one attached hydrogen (secondary N) is 1. The first-order valence-corrected chi connectivity index (χ1v) is 5.60. The lowest BCUT2D eigenvalue weighted by atomic mass is 10.1. The van der Waals surface area contributed by atoms with E-state index in [0.29, 0.717) is 13.0 Å². The van der Waals surface area contributed by atoms with Crippen molar-refractivity contribution in [2.45, 2.75) is 19.0 Å². The van der Waals surface area contributed by atoms with E-state index >= 15 is 0 Å². The highest BCUT2D eigenvalue weighted by Gasteiger charge is 2.34. The quantitative estimate of drug-likeness (QED) is 0.642. The lowest BCUT2D eigenvalue weighted by Gasteiger charge is -2.14. The number of rotatable bonds is 5. The van der Waals surface area contributed by atoms with Gasteiger partial charge in [-0.25, -0.2) is 0 Å². The summed E-state index contributed by atoms with van der Waals surface area (Å²) in [6, 6.07) is 3.25. The van der Waals surface area contributed by atoms with Crippen LogP contribution in [0.1, 0.15) is 18.4 Å². The molecule has 0 aliphatic carbocycles. The molecular formula is C12H15F3N2O2. The maximum Gasteiger partial charge on any atom is 0.418 e. The van der Waals surface area contributed by atoms with Gasteiger partial charge in [-0.15, -0.1) is 0 Å². The fourth-order valence-corrected chi connectivity index (χ4v) is 1.50. The molecule has 0 radical (unpaired) electrons. The predicted octanol–water partition coefficient (Wildman–Crippen LogP) is 2.65. The minimum atomic E-state index is -4.56. The van der Waals surface area contributed by atoms with Crippen LogP contribution in [-0.4, -0.2) is 19.6 Å². The molecule has 1 amide bonds. The minimum absolute atomic E-state index is 0.00953. The maximum absolute atomic E-state index is 12.8. The Morgan fingerprint density at radius 2 is 2.11 bits per heavy atom. The molecule has 0 fully saturated rings. The normalized spacial score (nSPS) is 11.4. The molecule has 106 valence electrons. The summed E-state index contributed by atoms with van der Waals surface area (Å²) in [5.74, 6) is -0.493. The molecule has 0 aliphatic heterocycles. The van der Waals surface area contributed by atoms with Gasteiger partial charge in [-0.1, -0.05) is 0 Å². The van der Waals surface area contributed by atoms with Gasteiger partial charge < -0.3 is 15.8 Å². The van der Waals surface area contributed by atoms with Crippen LogP contribution in [0.4, 0.5) is 24.5 Å². The number of anilines is 2. The van der Waals surface area contributed by atoms with E-state index in [1.807, 2.05) is 0 Å². The summed E-state index contributed by atoms with van der Waals surface area (Å²) in [6.07, 6.45) is -4.03. The Morgan fingerprint density at radius 1 is 1.42 bits per heavy atom. The fourth-order valence-electron chi connectivity index (χ4n) is 1.50. The summed E-state index contributed by atoms with van der Waals surface area (Å²) in [7, 11) is 1.49. The van der Waals surface area contributed by atoms with Gasteiger partial charge in [-0.05, 0) is 24.6 Å². The van der Waals surface area contributed by atoms with Crippen molar-refractivity contribution in [3.8, 4) is 0 Å². The van der Waals surface area contributed by atoms with Crippen molar-refractivity contribution in [3.63, 3.8) is 0 Å². The van der Waals surface area contributed by atoms with Gasteiger partial charge >= 0.3 is 6.18 Å². The molecule has 1 rings (SSSR count). The average Bonchev–Trinajstić information content (AvgIpc) is 2.30. The molecule has 0 bridgehead atoms. The van der Waals surface area contributed by atoms with E-state index in [9.17, 15) is 18.0 Å². The Labute approximate surface area is 108 Å². The number of nitrogens with two attached hydrogens (primary N) is 1. The molecule has 0 unspecified atom stereocenters.